The number of piperidine rings is 1. The summed E-state index contributed by atoms with van der Waals surface area (Å²) < 4.78 is 0. The molecule has 7 heteroatoms. The van der Waals surface area contributed by atoms with Gasteiger partial charge in [-0.1, -0.05) is 24.3 Å². The lowest BCUT2D eigenvalue weighted by molar-refractivity contribution is -0.127. The van der Waals surface area contributed by atoms with Crippen molar-refractivity contribution in [1.29, 1.82) is 0 Å². The van der Waals surface area contributed by atoms with Crippen LogP contribution in [-0.2, 0) is 9.59 Å². The number of rotatable bonds is 4. The van der Waals surface area contributed by atoms with Crippen molar-refractivity contribution in [1.82, 2.24) is 9.80 Å². The molecule has 4 amide bonds. The number of urea groups is 1. The van der Waals surface area contributed by atoms with E-state index in [0.717, 1.165) is 4.88 Å². The Morgan fingerprint density at radius 3 is 2.46 bits per heavy atom. The number of likely N-dealkylation sites (tertiary alicyclic amines) is 1. The number of carbonyl (C=O) groups is 3. The van der Waals surface area contributed by atoms with Crippen LogP contribution in [0.25, 0.3) is 6.08 Å². The van der Waals surface area contributed by atoms with Gasteiger partial charge in [-0.2, -0.15) is 0 Å². The summed E-state index contributed by atoms with van der Waals surface area (Å²) in [5, 5.41) is 1.97. The van der Waals surface area contributed by atoms with Crippen LogP contribution >= 0.6 is 11.3 Å². The number of imide groups is 1. The Kier molecular flexibility index (Phi) is 5.25. The van der Waals surface area contributed by atoms with Crippen molar-refractivity contribution >= 4 is 40.9 Å². The largest absolute Gasteiger partial charge is 0.339 e. The molecule has 2 saturated heterocycles. The van der Waals surface area contributed by atoms with Gasteiger partial charge in [0.1, 0.15) is 6.54 Å². The van der Waals surface area contributed by atoms with Gasteiger partial charge in [0.15, 0.2) is 0 Å². The molecular weight excluding hydrogens is 374 g/mol. The maximum Gasteiger partial charge on any atom is 0.332 e. The lowest BCUT2D eigenvalue weighted by Gasteiger charge is -2.35. The standard InChI is InChI=1S/C21H21N3O3S/c25-19(9-8-18-7-4-14-28-18)22-12-10-16(11-13-22)23-15-20(26)24(21(23)27)17-5-2-1-3-6-17/h1-9,14,16H,10-13,15H2/b9-8+. The molecule has 2 aliphatic heterocycles. The third-order valence-electron chi connectivity index (χ3n) is 5.16. The molecule has 0 saturated carbocycles. The van der Waals surface area contributed by atoms with Gasteiger partial charge in [0, 0.05) is 30.1 Å². The lowest BCUT2D eigenvalue weighted by atomic mass is 10.0. The molecule has 2 aliphatic rings. The molecule has 0 atom stereocenters. The van der Waals surface area contributed by atoms with E-state index < -0.39 is 0 Å². The van der Waals surface area contributed by atoms with Crippen LogP contribution in [0.4, 0.5) is 10.5 Å². The quantitative estimate of drug-likeness (QED) is 0.590. The maximum atomic E-state index is 12.8. The number of thiophene rings is 1. The Morgan fingerprint density at radius 1 is 1.04 bits per heavy atom. The molecule has 3 heterocycles. The molecule has 0 bridgehead atoms. The summed E-state index contributed by atoms with van der Waals surface area (Å²) in [7, 11) is 0. The molecule has 0 radical (unpaired) electrons. The van der Waals surface area contributed by atoms with Crippen molar-refractivity contribution in [2.75, 3.05) is 24.5 Å². The summed E-state index contributed by atoms with van der Waals surface area (Å²) in [5.41, 5.74) is 0.603. The van der Waals surface area contributed by atoms with E-state index in [2.05, 4.69) is 0 Å². The summed E-state index contributed by atoms with van der Waals surface area (Å²) in [6.07, 6.45) is 4.80. The number of hydrogen-bond acceptors (Lipinski definition) is 4. The van der Waals surface area contributed by atoms with E-state index >= 15 is 0 Å². The third kappa shape index (κ3) is 3.71. The van der Waals surface area contributed by atoms with Gasteiger partial charge < -0.3 is 9.80 Å². The molecule has 28 heavy (non-hydrogen) atoms. The molecular formula is C21H21N3O3S. The first-order valence-corrected chi connectivity index (χ1v) is 10.2. The zero-order valence-corrected chi connectivity index (χ0v) is 16.2. The number of carbonyl (C=O) groups excluding carboxylic acids is 3. The summed E-state index contributed by atoms with van der Waals surface area (Å²) in [5.74, 6) is -0.213. The Morgan fingerprint density at radius 2 is 1.79 bits per heavy atom. The number of hydrogen-bond donors (Lipinski definition) is 0. The number of amides is 4. The fourth-order valence-corrected chi connectivity index (χ4v) is 4.30. The normalized spacial score (nSPS) is 18.5. The van der Waals surface area contributed by atoms with Gasteiger partial charge in [-0.15, -0.1) is 11.3 Å². The van der Waals surface area contributed by atoms with E-state index in [4.69, 9.17) is 0 Å². The first-order chi connectivity index (χ1) is 13.6. The highest BCUT2D eigenvalue weighted by Gasteiger charge is 2.41. The van der Waals surface area contributed by atoms with E-state index in [1.165, 1.54) is 4.90 Å². The van der Waals surface area contributed by atoms with Crippen molar-refractivity contribution in [3.63, 3.8) is 0 Å². The van der Waals surface area contributed by atoms with E-state index in [0.29, 0.717) is 31.6 Å². The monoisotopic (exact) mass is 395 g/mol. The first kappa shape index (κ1) is 18.4. The fourth-order valence-electron chi connectivity index (χ4n) is 3.68. The minimum Gasteiger partial charge on any atom is -0.339 e. The van der Waals surface area contributed by atoms with Crippen LogP contribution in [0.5, 0.6) is 0 Å². The molecule has 0 aliphatic carbocycles. The molecule has 1 aromatic heterocycles. The topological polar surface area (TPSA) is 60.9 Å². The smallest absolute Gasteiger partial charge is 0.332 e. The van der Waals surface area contributed by atoms with Crippen molar-refractivity contribution < 1.29 is 14.4 Å². The van der Waals surface area contributed by atoms with Gasteiger partial charge in [0.2, 0.25) is 5.91 Å². The van der Waals surface area contributed by atoms with Crippen LogP contribution in [0.3, 0.4) is 0 Å². The molecule has 0 unspecified atom stereocenters. The third-order valence-corrected chi connectivity index (χ3v) is 5.99. The van der Waals surface area contributed by atoms with Crippen molar-refractivity contribution in [3.05, 3.63) is 58.8 Å². The summed E-state index contributed by atoms with van der Waals surface area (Å²) in [6.45, 7) is 1.27. The Hall–Kier alpha value is -2.93. The number of anilines is 1. The van der Waals surface area contributed by atoms with Gasteiger partial charge in [0.05, 0.1) is 5.69 Å². The van der Waals surface area contributed by atoms with Crippen LogP contribution in [0.15, 0.2) is 53.9 Å². The van der Waals surface area contributed by atoms with Gasteiger partial charge in [-0.3, -0.25) is 9.59 Å². The van der Waals surface area contributed by atoms with E-state index in [1.54, 1.807) is 39.3 Å². The SMILES string of the molecule is O=C(/C=C/c1cccs1)N1CCC(N2CC(=O)N(c3ccccc3)C2=O)CC1. The average molecular weight is 395 g/mol. The van der Waals surface area contributed by atoms with Crippen molar-refractivity contribution in [2.24, 2.45) is 0 Å². The molecule has 0 spiro atoms. The predicted molar refractivity (Wildman–Crippen MR) is 109 cm³/mol. The molecule has 144 valence electrons. The minimum atomic E-state index is -0.265. The van der Waals surface area contributed by atoms with Gasteiger partial charge in [-0.25, -0.2) is 9.69 Å². The lowest BCUT2D eigenvalue weighted by Crippen LogP contribution is -2.47. The Labute approximate surface area is 167 Å². The maximum absolute atomic E-state index is 12.8. The van der Waals surface area contributed by atoms with E-state index in [-0.39, 0.29) is 30.4 Å². The van der Waals surface area contributed by atoms with Crippen LogP contribution in [-0.4, -0.2) is 53.3 Å². The van der Waals surface area contributed by atoms with Gasteiger partial charge >= 0.3 is 6.03 Å². The van der Waals surface area contributed by atoms with Gasteiger partial charge in [0.25, 0.3) is 5.91 Å². The highest BCUT2D eigenvalue weighted by Crippen LogP contribution is 2.26. The molecule has 0 N–H and O–H groups in total. The molecule has 6 nitrogen and oxygen atoms in total. The van der Waals surface area contributed by atoms with E-state index in [9.17, 15) is 14.4 Å². The van der Waals surface area contributed by atoms with Crippen molar-refractivity contribution in [2.45, 2.75) is 18.9 Å². The number of nitrogens with zero attached hydrogens (tertiary/aromatic N) is 3. The summed E-state index contributed by atoms with van der Waals surface area (Å²) in [6, 6.07) is 12.6. The van der Waals surface area contributed by atoms with Crippen molar-refractivity contribution in [3.8, 4) is 0 Å². The fraction of sp³-hybridized carbons (Fsp3) is 0.286. The Bertz CT molecular complexity index is 887. The average Bonchev–Trinajstić information content (AvgIpc) is 3.34. The zero-order chi connectivity index (χ0) is 19.5. The second-order valence-corrected chi connectivity index (χ2v) is 7.86. The second kappa shape index (κ2) is 7.98. The van der Waals surface area contributed by atoms with Gasteiger partial charge in [-0.05, 0) is 42.5 Å². The van der Waals surface area contributed by atoms with Crippen LogP contribution in [0, 0.1) is 0 Å². The molecule has 4 rings (SSSR count). The van der Waals surface area contributed by atoms with Crippen LogP contribution in [0.2, 0.25) is 0 Å². The summed E-state index contributed by atoms with van der Waals surface area (Å²) in [4.78, 5) is 43.3. The first-order valence-electron chi connectivity index (χ1n) is 9.32. The Balaban J connectivity index is 1.36. The summed E-state index contributed by atoms with van der Waals surface area (Å²) >= 11 is 1.59. The van der Waals surface area contributed by atoms with E-state index in [1.807, 2.05) is 41.8 Å². The van der Waals surface area contributed by atoms with Crippen LogP contribution < -0.4 is 4.90 Å². The zero-order valence-electron chi connectivity index (χ0n) is 15.4. The molecule has 2 aromatic rings. The highest BCUT2D eigenvalue weighted by atomic mass is 32.1. The second-order valence-electron chi connectivity index (χ2n) is 6.88. The molecule has 1 aromatic carbocycles. The van der Waals surface area contributed by atoms with Crippen LogP contribution in [0.1, 0.15) is 17.7 Å². The number of para-hydroxylation sites is 1. The predicted octanol–water partition coefficient (Wildman–Crippen LogP) is 3.22. The highest BCUT2D eigenvalue weighted by molar-refractivity contribution is 7.10. The minimum absolute atomic E-state index is 0.0124. The molecule has 2 fully saturated rings. The number of benzene rings is 1.